The summed E-state index contributed by atoms with van der Waals surface area (Å²) in [5.74, 6) is 0. The van der Waals surface area contributed by atoms with Gasteiger partial charge in [0.15, 0.2) is 6.23 Å². The van der Waals surface area contributed by atoms with Gasteiger partial charge in [0.1, 0.15) is 0 Å². The first-order valence-corrected chi connectivity index (χ1v) is 4.95. The molecule has 0 aliphatic carbocycles. The molecule has 2 rings (SSSR count). The summed E-state index contributed by atoms with van der Waals surface area (Å²) in [6, 6.07) is 1.25. The smallest absolute Gasteiger partial charge is 0.330 e. The Balaban J connectivity index is 2.31. The van der Waals surface area contributed by atoms with E-state index in [0.717, 1.165) is 0 Å². The second-order valence-electron chi connectivity index (χ2n) is 3.51. The third kappa shape index (κ3) is 2.12. The summed E-state index contributed by atoms with van der Waals surface area (Å²) in [6.45, 7) is -0.0983. The van der Waals surface area contributed by atoms with Gasteiger partial charge in [-0.1, -0.05) is 6.08 Å². The molecule has 0 amide bonds. The summed E-state index contributed by atoms with van der Waals surface area (Å²) in [7, 11) is 0. The van der Waals surface area contributed by atoms with Crippen LogP contribution in [0.1, 0.15) is 12.6 Å². The van der Waals surface area contributed by atoms with Crippen molar-refractivity contribution < 1.29 is 9.84 Å². The number of H-pyrrole nitrogens is 1. The van der Waals surface area contributed by atoms with Crippen LogP contribution in [0.4, 0.5) is 0 Å². The molecule has 16 heavy (non-hydrogen) atoms. The fourth-order valence-corrected chi connectivity index (χ4v) is 1.55. The molecule has 0 unspecified atom stereocenters. The van der Waals surface area contributed by atoms with Crippen molar-refractivity contribution in [1.29, 1.82) is 0 Å². The molecule has 0 radical (unpaired) electrons. The Morgan fingerprint density at radius 2 is 2.38 bits per heavy atom. The Hall–Kier alpha value is -1.66. The zero-order valence-electron chi connectivity index (χ0n) is 8.50. The normalized spacial score (nSPS) is 24.6. The summed E-state index contributed by atoms with van der Waals surface area (Å²) in [5, 5.41) is 8.97. The van der Waals surface area contributed by atoms with Crippen LogP contribution in [0.3, 0.4) is 0 Å². The van der Waals surface area contributed by atoms with E-state index in [2.05, 4.69) is 4.98 Å². The summed E-state index contributed by atoms with van der Waals surface area (Å²) in [4.78, 5) is 24.5. The van der Waals surface area contributed by atoms with E-state index in [4.69, 9.17) is 9.84 Å². The molecule has 86 valence electrons. The number of nitrogens with one attached hydrogen (secondary N) is 1. The van der Waals surface area contributed by atoms with Crippen molar-refractivity contribution in [2.45, 2.75) is 18.8 Å². The molecule has 1 aliphatic heterocycles. The molecule has 0 saturated heterocycles. The van der Waals surface area contributed by atoms with E-state index in [1.807, 2.05) is 6.08 Å². The van der Waals surface area contributed by atoms with Crippen LogP contribution in [0.5, 0.6) is 0 Å². The minimum Gasteiger partial charge on any atom is -0.394 e. The number of hydrogen-bond acceptors (Lipinski definition) is 4. The molecule has 0 spiro atoms. The molecule has 0 fully saturated rings. The van der Waals surface area contributed by atoms with Crippen LogP contribution in [-0.2, 0) is 4.74 Å². The topological polar surface area (TPSA) is 84.3 Å². The van der Waals surface area contributed by atoms with Crippen LogP contribution >= 0.6 is 0 Å². The highest BCUT2D eigenvalue weighted by atomic mass is 16.5. The predicted molar refractivity (Wildman–Crippen MR) is 56.1 cm³/mol. The molecular formula is C10H12N2O4. The molecule has 0 bridgehead atoms. The molecule has 6 heteroatoms. The standard InChI is InChI=1S/C10H12N2O4/c13-6-7-2-1-3-9(16-7)12-5-4-8(14)11-10(12)15/h1,3-5,7,9,13H,2,6H2,(H,11,14,15)/t7-,9+/m0/s1. The highest BCUT2D eigenvalue weighted by Crippen LogP contribution is 2.18. The van der Waals surface area contributed by atoms with Gasteiger partial charge in [-0.3, -0.25) is 14.3 Å². The van der Waals surface area contributed by atoms with Crippen molar-refractivity contribution in [3.63, 3.8) is 0 Å². The average Bonchev–Trinajstić information content (AvgIpc) is 2.29. The molecule has 1 aromatic heterocycles. The Morgan fingerprint density at radius 3 is 3.06 bits per heavy atom. The van der Waals surface area contributed by atoms with E-state index in [1.165, 1.54) is 16.8 Å². The zero-order valence-corrected chi connectivity index (χ0v) is 8.50. The van der Waals surface area contributed by atoms with Gasteiger partial charge in [0.25, 0.3) is 5.56 Å². The molecule has 0 aromatic carbocycles. The SMILES string of the molecule is O=c1ccn([C@H]2C=CC[C@@H](CO)O2)c(=O)[nH]1. The van der Waals surface area contributed by atoms with Gasteiger partial charge in [-0.15, -0.1) is 0 Å². The van der Waals surface area contributed by atoms with Crippen molar-refractivity contribution in [1.82, 2.24) is 9.55 Å². The second-order valence-corrected chi connectivity index (χ2v) is 3.51. The van der Waals surface area contributed by atoms with Crippen molar-refractivity contribution in [3.05, 3.63) is 45.3 Å². The van der Waals surface area contributed by atoms with Crippen LogP contribution in [0.15, 0.2) is 34.0 Å². The average molecular weight is 224 g/mol. The van der Waals surface area contributed by atoms with E-state index in [1.54, 1.807) is 6.08 Å². The third-order valence-electron chi connectivity index (χ3n) is 2.36. The molecule has 2 heterocycles. The Bertz CT molecular complexity index is 502. The lowest BCUT2D eigenvalue weighted by Crippen LogP contribution is -2.35. The first kappa shape index (κ1) is 10.8. The number of aliphatic hydroxyl groups excluding tert-OH is 1. The number of hydrogen-bond donors (Lipinski definition) is 2. The lowest BCUT2D eigenvalue weighted by molar-refractivity contribution is -0.0581. The lowest BCUT2D eigenvalue weighted by atomic mass is 10.2. The maximum absolute atomic E-state index is 11.5. The van der Waals surface area contributed by atoms with E-state index in [9.17, 15) is 9.59 Å². The van der Waals surface area contributed by atoms with Crippen LogP contribution < -0.4 is 11.2 Å². The van der Waals surface area contributed by atoms with E-state index in [0.29, 0.717) is 6.42 Å². The molecular weight excluding hydrogens is 212 g/mol. The molecule has 0 saturated carbocycles. The van der Waals surface area contributed by atoms with Crippen LogP contribution in [0.25, 0.3) is 0 Å². The maximum atomic E-state index is 11.5. The zero-order chi connectivity index (χ0) is 11.5. The molecule has 2 N–H and O–H groups in total. The van der Waals surface area contributed by atoms with Gasteiger partial charge in [-0.05, 0) is 12.5 Å². The van der Waals surface area contributed by atoms with Crippen LogP contribution in [-0.4, -0.2) is 27.4 Å². The number of rotatable bonds is 2. The highest BCUT2D eigenvalue weighted by Gasteiger charge is 2.19. The van der Waals surface area contributed by atoms with Crippen molar-refractivity contribution in [2.75, 3.05) is 6.61 Å². The highest BCUT2D eigenvalue weighted by molar-refractivity contribution is 4.97. The second kappa shape index (κ2) is 4.46. The fourth-order valence-electron chi connectivity index (χ4n) is 1.55. The largest absolute Gasteiger partial charge is 0.394 e. The first-order valence-electron chi connectivity index (χ1n) is 4.95. The molecule has 6 nitrogen and oxygen atoms in total. The summed E-state index contributed by atoms with van der Waals surface area (Å²) in [5.41, 5.74) is -0.972. The van der Waals surface area contributed by atoms with E-state index >= 15 is 0 Å². The van der Waals surface area contributed by atoms with E-state index < -0.39 is 17.5 Å². The van der Waals surface area contributed by atoms with Gasteiger partial charge in [0.2, 0.25) is 0 Å². The number of aromatic nitrogens is 2. The molecule has 1 aromatic rings. The van der Waals surface area contributed by atoms with Gasteiger partial charge in [-0.25, -0.2) is 4.79 Å². The Labute approximate surface area is 90.8 Å². The first-order chi connectivity index (χ1) is 7.70. The van der Waals surface area contributed by atoms with Crippen molar-refractivity contribution in [2.24, 2.45) is 0 Å². The third-order valence-corrected chi connectivity index (χ3v) is 2.36. The van der Waals surface area contributed by atoms with Gasteiger partial charge in [-0.2, -0.15) is 0 Å². The van der Waals surface area contributed by atoms with Gasteiger partial charge < -0.3 is 9.84 Å². The predicted octanol–water partition coefficient (Wildman–Crippen LogP) is -0.627. The van der Waals surface area contributed by atoms with E-state index in [-0.39, 0.29) is 12.7 Å². The minimum atomic E-state index is -0.574. The number of aliphatic hydroxyl groups is 1. The minimum absolute atomic E-state index is 0.0983. The summed E-state index contributed by atoms with van der Waals surface area (Å²) >= 11 is 0. The van der Waals surface area contributed by atoms with Crippen molar-refractivity contribution in [3.8, 4) is 0 Å². The summed E-state index contributed by atoms with van der Waals surface area (Å²) in [6.07, 6.45) is 4.66. The quantitative estimate of drug-likeness (QED) is 0.655. The van der Waals surface area contributed by atoms with Crippen molar-refractivity contribution >= 4 is 0 Å². The Morgan fingerprint density at radius 1 is 1.56 bits per heavy atom. The van der Waals surface area contributed by atoms with Crippen LogP contribution in [0.2, 0.25) is 0 Å². The fraction of sp³-hybridized carbons (Fsp3) is 0.400. The lowest BCUT2D eigenvalue weighted by Gasteiger charge is -2.25. The summed E-state index contributed by atoms with van der Waals surface area (Å²) < 4.78 is 6.71. The number of ether oxygens (including phenoxy) is 1. The monoisotopic (exact) mass is 224 g/mol. The van der Waals surface area contributed by atoms with Gasteiger partial charge >= 0.3 is 5.69 Å². The van der Waals surface area contributed by atoms with Gasteiger partial charge in [0, 0.05) is 12.3 Å². The number of nitrogens with zero attached hydrogens (tertiary/aromatic N) is 1. The maximum Gasteiger partial charge on any atom is 0.330 e. The van der Waals surface area contributed by atoms with Gasteiger partial charge in [0.05, 0.1) is 12.7 Å². The van der Waals surface area contributed by atoms with Crippen LogP contribution in [0, 0.1) is 0 Å². The molecule has 2 atom stereocenters. The Kier molecular flexibility index (Phi) is 3.02. The molecule has 1 aliphatic rings. The number of aromatic amines is 1.